The topological polar surface area (TPSA) is 119 Å². The van der Waals surface area contributed by atoms with E-state index in [2.05, 4.69) is 15.2 Å². The van der Waals surface area contributed by atoms with Gasteiger partial charge in [0, 0.05) is 6.42 Å². The van der Waals surface area contributed by atoms with Gasteiger partial charge in [-0.1, -0.05) is 5.16 Å². The van der Waals surface area contributed by atoms with Gasteiger partial charge < -0.3 is 19.7 Å². The van der Waals surface area contributed by atoms with Crippen molar-refractivity contribution in [2.45, 2.75) is 32.7 Å². The van der Waals surface area contributed by atoms with Crippen molar-refractivity contribution in [2.24, 2.45) is 0 Å². The Morgan fingerprint density at radius 2 is 2.05 bits per heavy atom. The number of hydrogen-bond acceptors (Lipinski definition) is 6. The molecule has 110 valence electrons. The number of nitrogens with zero attached hydrogens (tertiary/aromatic N) is 1. The number of amides is 1. The summed E-state index contributed by atoms with van der Waals surface area (Å²) in [7, 11) is 1.21. The van der Waals surface area contributed by atoms with E-state index < -0.39 is 23.9 Å². The second kappa shape index (κ2) is 6.69. The number of methoxy groups -OCH3 is 1. The third-order valence-electron chi connectivity index (χ3n) is 2.73. The van der Waals surface area contributed by atoms with Crippen LogP contribution in [-0.4, -0.2) is 41.3 Å². The summed E-state index contributed by atoms with van der Waals surface area (Å²) in [5.41, 5.74) is 0.575. The molecule has 1 heterocycles. The smallest absolute Gasteiger partial charge is 0.326 e. The normalized spacial score (nSPS) is 11.8. The molecule has 8 nitrogen and oxygen atoms in total. The van der Waals surface area contributed by atoms with Crippen molar-refractivity contribution >= 4 is 17.8 Å². The summed E-state index contributed by atoms with van der Waals surface area (Å²) >= 11 is 0. The van der Waals surface area contributed by atoms with Crippen LogP contribution in [0.1, 0.15) is 34.7 Å². The summed E-state index contributed by atoms with van der Waals surface area (Å²) in [4.78, 5) is 34.1. The summed E-state index contributed by atoms with van der Waals surface area (Å²) in [5, 5.41) is 15.0. The summed E-state index contributed by atoms with van der Waals surface area (Å²) in [5.74, 6) is -2.06. The van der Waals surface area contributed by atoms with E-state index in [0.717, 1.165) is 0 Å². The van der Waals surface area contributed by atoms with Crippen molar-refractivity contribution in [1.82, 2.24) is 10.5 Å². The third-order valence-corrected chi connectivity index (χ3v) is 2.73. The number of nitrogens with one attached hydrogen (secondary N) is 1. The van der Waals surface area contributed by atoms with E-state index in [1.165, 1.54) is 7.11 Å². The molecule has 1 amide bonds. The molecule has 0 saturated carbocycles. The maximum absolute atomic E-state index is 12.0. The molecule has 8 heteroatoms. The zero-order valence-corrected chi connectivity index (χ0v) is 11.4. The molecule has 0 aliphatic rings. The van der Waals surface area contributed by atoms with E-state index in [4.69, 9.17) is 9.63 Å². The molecule has 2 N–H and O–H groups in total. The number of ether oxygens (including phenoxy) is 1. The van der Waals surface area contributed by atoms with Crippen molar-refractivity contribution in [1.29, 1.82) is 0 Å². The van der Waals surface area contributed by atoms with Gasteiger partial charge in [0.2, 0.25) is 0 Å². The van der Waals surface area contributed by atoms with Gasteiger partial charge in [-0.25, -0.2) is 4.79 Å². The van der Waals surface area contributed by atoms with Crippen molar-refractivity contribution in [3.05, 3.63) is 17.0 Å². The fraction of sp³-hybridized carbons (Fsp3) is 0.500. The number of aliphatic carboxylic acids is 1. The minimum absolute atomic E-state index is 0.0584. The summed E-state index contributed by atoms with van der Waals surface area (Å²) in [6.45, 7) is 3.13. The number of carbonyl (C=O) groups excluding carboxylic acids is 2. The molecule has 0 aliphatic carbocycles. The van der Waals surface area contributed by atoms with Gasteiger partial charge in [0.15, 0.2) is 0 Å². The lowest BCUT2D eigenvalue weighted by atomic mass is 10.1. The molecular weight excluding hydrogens is 268 g/mol. The minimum atomic E-state index is -1.23. The van der Waals surface area contributed by atoms with Crippen LogP contribution < -0.4 is 5.32 Å². The van der Waals surface area contributed by atoms with Crippen LogP contribution in [0.2, 0.25) is 0 Å². The van der Waals surface area contributed by atoms with Gasteiger partial charge in [-0.2, -0.15) is 0 Å². The number of esters is 1. The van der Waals surface area contributed by atoms with Crippen LogP contribution in [0.15, 0.2) is 4.52 Å². The Hall–Kier alpha value is -2.38. The third kappa shape index (κ3) is 3.81. The molecule has 0 radical (unpaired) electrons. The highest BCUT2D eigenvalue weighted by Gasteiger charge is 2.25. The highest BCUT2D eigenvalue weighted by atomic mass is 16.5. The van der Waals surface area contributed by atoms with Crippen LogP contribution in [0.25, 0.3) is 0 Å². The van der Waals surface area contributed by atoms with E-state index in [1.807, 2.05) is 0 Å². The van der Waals surface area contributed by atoms with Crippen LogP contribution in [0.5, 0.6) is 0 Å². The van der Waals surface area contributed by atoms with E-state index in [9.17, 15) is 14.4 Å². The number of carboxylic acid groups (broad SMARTS) is 1. The van der Waals surface area contributed by atoms with Gasteiger partial charge in [-0.15, -0.1) is 0 Å². The molecule has 20 heavy (non-hydrogen) atoms. The van der Waals surface area contributed by atoms with E-state index in [1.54, 1.807) is 13.8 Å². The predicted molar refractivity (Wildman–Crippen MR) is 66.1 cm³/mol. The molecule has 1 aromatic rings. The Labute approximate surface area is 115 Å². The Bertz CT molecular complexity index is 503. The molecule has 0 unspecified atom stereocenters. The van der Waals surface area contributed by atoms with Crippen molar-refractivity contribution in [2.75, 3.05) is 7.11 Å². The number of carbonyl (C=O) groups is 3. The average molecular weight is 284 g/mol. The Morgan fingerprint density at radius 1 is 1.40 bits per heavy atom. The van der Waals surface area contributed by atoms with Gasteiger partial charge in [0.25, 0.3) is 5.91 Å². The molecule has 1 rings (SSSR count). The minimum Gasteiger partial charge on any atom is -0.480 e. The molecule has 0 fully saturated rings. The maximum Gasteiger partial charge on any atom is 0.326 e. The van der Waals surface area contributed by atoms with Gasteiger partial charge >= 0.3 is 11.9 Å². The lowest BCUT2D eigenvalue weighted by Crippen LogP contribution is -2.41. The van der Waals surface area contributed by atoms with Crippen molar-refractivity contribution in [3.63, 3.8) is 0 Å². The van der Waals surface area contributed by atoms with Crippen molar-refractivity contribution < 1.29 is 28.8 Å². The lowest BCUT2D eigenvalue weighted by Gasteiger charge is -2.13. The van der Waals surface area contributed by atoms with Crippen LogP contribution >= 0.6 is 0 Å². The molecule has 0 aliphatic heterocycles. The average Bonchev–Trinajstić information content (AvgIpc) is 2.73. The second-order valence-electron chi connectivity index (χ2n) is 4.18. The first-order valence-corrected chi connectivity index (χ1v) is 5.90. The van der Waals surface area contributed by atoms with Crippen LogP contribution in [-0.2, 0) is 14.3 Å². The van der Waals surface area contributed by atoms with Crippen LogP contribution in [0.3, 0.4) is 0 Å². The fourth-order valence-corrected chi connectivity index (χ4v) is 1.66. The number of aromatic nitrogens is 1. The Kier molecular flexibility index (Phi) is 5.24. The number of carboxylic acids is 1. The Morgan fingerprint density at radius 3 is 2.50 bits per heavy atom. The molecule has 1 aromatic heterocycles. The zero-order valence-electron chi connectivity index (χ0n) is 11.4. The largest absolute Gasteiger partial charge is 0.480 e. The van der Waals surface area contributed by atoms with E-state index in [-0.39, 0.29) is 18.4 Å². The second-order valence-corrected chi connectivity index (χ2v) is 4.18. The lowest BCUT2D eigenvalue weighted by molar-refractivity contribution is -0.142. The summed E-state index contributed by atoms with van der Waals surface area (Å²) in [6.07, 6.45) is -0.160. The molecular formula is C12H16N2O6. The van der Waals surface area contributed by atoms with Crippen LogP contribution in [0, 0.1) is 13.8 Å². The fourth-order valence-electron chi connectivity index (χ4n) is 1.66. The number of rotatable bonds is 6. The van der Waals surface area contributed by atoms with Gasteiger partial charge in [-0.05, 0) is 20.3 Å². The number of hydrogen-bond donors (Lipinski definition) is 2. The first-order chi connectivity index (χ1) is 9.36. The van der Waals surface area contributed by atoms with Gasteiger partial charge in [0.1, 0.15) is 17.4 Å². The molecule has 0 spiro atoms. The van der Waals surface area contributed by atoms with Gasteiger partial charge in [-0.3, -0.25) is 9.59 Å². The Balaban J connectivity index is 2.73. The highest BCUT2D eigenvalue weighted by Crippen LogP contribution is 2.12. The summed E-state index contributed by atoms with van der Waals surface area (Å²) in [6, 6.07) is -1.18. The number of aryl methyl sites for hydroxylation is 2. The predicted octanol–water partition coefficient (Wildman–Crippen LogP) is 0.428. The zero-order chi connectivity index (χ0) is 15.3. The maximum atomic E-state index is 12.0. The molecule has 0 saturated heterocycles. The first kappa shape index (κ1) is 15.7. The van der Waals surface area contributed by atoms with Gasteiger partial charge in [0.05, 0.1) is 12.8 Å². The van der Waals surface area contributed by atoms with E-state index >= 15 is 0 Å². The quantitative estimate of drug-likeness (QED) is 0.727. The standard InChI is InChI=1S/C12H16N2O6/c1-6-10(7(2)20-14-6)11(16)13-8(12(17)18)4-5-9(15)19-3/h8H,4-5H2,1-3H3,(H,13,16)(H,17,18)/t8-/m1/s1. The SMILES string of the molecule is COC(=O)CC[C@@H](NC(=O)c1c(C)noc1C)C(=O)O. The van der Waals surface area contributed by atoms with E-state index in [0.29, 0.717) is 11.5 Å². The first-order valence-electron chi connectivity index (χ1n) is 5.90. The molecule has 0 aromatic carbocycles. The van der Waals surface area contributed by atoms with Crippen molar-refractivity contribution in [3.8, 4) is 0 Å². The highest BCUT2D eigenvalue weighted by molar-refractivity contribution is 5.98. The molecule has 0 bridgehead atoms. The monoisotopic (exact) mass is 284 g/mol. The molecule has 1 atom stereocenters. The van der Waals surface area contributed by atoms with Crippen LogP contribution in [0.4, 0.5) is 0 Å². The summed E-state index contributed by atoms with van der Waals surface area (Å²) < 4.78 is 9.27.